The number of benzene rings is 1. The SMILES string of the molecule is Nc1ccccc1-c1ccc(C(=O)NC2CCN(CC(F)(F)F)CC2)cn1. The van der Waals surface area contributed by atoms with Crippen molar-refractivity contribution in [1.82, 2.24) is 15.2 Å². The molecule has 0 unspecified atom stereocenters. The van der Waals surface area contributed by atoms with Gasteiger partial charge in [-0.15, -0.1) is 0 Å². The lowest BCUT2D eigenvalue weighted by atomic mass is 10.0. The van der Waals surface area contributed by atoms with E-state index >= 15 is 0 Å². The van der Waals surface area contributed by atoms with Crippen LogP contribution in [-0.2, 0) is 0 Å². The summed E-state index contributed by atoms with van der Waals surface area (Å²) in [6, 6.07) is 10.6. The summed E-state index contributed by atoms with van der Waals surface area (Å²) >= 11 is 0. The molecule has 1 aromatic heterocycles. The molecule has 3 rings (SSSR count). The third-order valence-corrected chi connectivity index (χ3v) is 4.59. The third-order valence-electron chi connectivity index (χ3n) is 4.59. The number of likely N-dealkylation sites (tertiary alicyclic amines) is 1. The molecule has 0 spiro atoms. The zero-order valence-corrected chi connectivity index (χ0v) is 14.7. The number of nitrogens with zero attached hydrogens (tertiary/aromatic N) is 2. The molecule has 0 atom stereocenters. The van der Waals surface area contributed by atoms with Gasteiger partial charge in [-0.05, 0) is 31.0 Å². The number of nitrogen functional groups attached to an aromatic ring is 1. The van der Waals surface area contributed by atoms with Crippen LogP contribution in [0.15, 0.2) is 42.6 Å². The molecule has 1 fully saturated rings. The van der Waals surface area contributed by atoms with Crippen LogP contribution in [-0.4, -0.2) is 47.6 Å². The summed E-state index contributed by atoms with van der Waals surface area (Å²) in [6.45, 7) is -0.272. The monoisotopic (exact) mass is 378 g/mol. The van der Waals surface area contributed by atoms with E-state index < -0.39 is 12.7 Å². The van der Waals surface area contributed by atoms with Gasteiger partial charge in [0.05, 0.1) is 17.8 Å². The molecular weight excluding hydrogens is 357 g/mol. The molecule has 2 aromatic rings. The highest BCUT2D eigenvalue weighted by atomic mass is 19.4. The highest BCUT2D eigenvalue weighted by Gasteiger charge is 2.32. The molecule has 1 aliphatic rings. The van der Waals surface area contributed by atoms with Gasteiger partial charge < -0.3 is 11.1 Å². The molecule has 1 aromatic carbocycles. The van der Waals surface area contributed by atoms with Crippen LogP contribution in [0.5, 0.6) is 0 Å². The van der Waals surface area contributed by atoms with E-state index in [1.807, 2.05) is 18.2 Å². The number of halogens is 3. The van der Waals surface area contributed by atoms with Crippen molar-refractivity contribution in [3.8, 4) is 11.3 Å². The molecule has 1 aliphatic heterocycles. The zero-order chi connectivity index (χ0) is 19.4. The molecule has 0 saturated carbocycles. The maximum Gasteiger partial charge on any atom is 0.401 e. The minimum atomic E-state index is -4.19. The van der Waals surface area contributed by atoms with Crippen molar-refractivity contribution in [3.63, 3.8) is 0 Å². The largest absolute Gasteiger partial charge is 0.401 e. The number of hydrogen-bond donors (Lipinski definition) is 2. The summed E-state index contributed by atoms with van der Waals surface area (Å²) in [5, 5.41) is 2.88. The van der Waals surface area contributed by atoms with Gasteiger partial charge in [0.1, 0.15) is 0 Å². The van der Waals surface area contributed by atoms with E-state index in [9.17, 15) is 18.0 Å². The number of hydrogen-bond acceptors (Lipinski definition) is 4. The van der Waals surface area contributed by atoms with Crippen molar-refractivity contribution in [1.29, 1.82) is 0 Å². The van der Waals surface area contributed by atoms with Gasteiger partial charge in [-0.2, -0.15) is 13.2 Å². The predicted octanol–water partition coefficient (Wildman–Crippen LogP) is 3.09. The number of nitrogens with one attached hydrogen (secondary N) is 1. The zero-order valence-electron chi connectivity index (χ0n) is 14.7. The number of para-hydroxylation sites is 1. The molecule has 0 aliphatic carbocycles. The van der Waals surface area contributed by atoms with E-state index in [1.54, 1.807) is 18.2 Å². The van der Waals surface area contributed by atoms with Gasteiger partial charge in [-0.25, -0.2) is 0 Å². The van der Waals surface area contributed by atoms with E-state index in [4.69, 9.17) is 5.73 Å². The van der Waals surface area contributed by atoms with Crippen LogP contribution in [0, 0.1) is 0 Å². The number of aromatic nitrogens is 1. The Bertz CT molecular complexity index is 784. The van der Waals surface area contributed by atoms with Gasteiger partial charge in [0.2, 0.25) is 0 Å². The number of alkyl halides is 3. The Morgan fingerprint density at radius 2 is 1.89 bits per heavy atom. The number of rotatable bonds is 4. The number of anilines is 1. The number of pyridine rings is 1. The van der Waals surface area contributed by atoms with Crippen molar-refractivity contribution < 1.29 is 18.0 Å². The van der Waals surface area contributed by atoms with Crippen LogP contribution in [0.25, 0.3) is 11.3 Å². The summed E-state index contributed by atoms with van der Waals surface area (Å²) in [4.78, 5) is 18.0. The number of amides is 1. The molecule has 8 heteroatoms. The molecule has 2 heterocycles. The van der Waals surface area contributed by atoms with Gasteiger partial charge >= 0.3 is 6.18 Å². The molecule has 144 valence electrons. The fourth-order valence-corrected chi connectivity index (χ4v) is 3.18. The second-order valence-corrected chi connectivity index (χ2v) is 6.66. The molecule has 5 nitrogen and oxygen atoms in total. The topological polar surface area (TPSA) is 71.2 Å². The summed E-state index contributed by atoms with van der Waals surface area (Å²) in [5.41, 5.74) is 8.41. The minimum absolute atomic E-state index is 0.133. The first-order valence-electron chi connectivity index (χ1n) is 8.73. The molecule has 1 saturated heterocycles. The van der Waals surface area contributed by atoms with Crippen molar-refractivity contribution in [3.05, 3.63) is 48.2 Å². The lowest BCUT2D eigenvalue weighted by Crippen LogP contribution is -2.47. The minimum Gasteiger partial charge on any atom is -0.398 e. The maximum absolute atomic E-state index is 12.4. The molecule has 0 bridgehead atoms. The summed E-state index contributed by atoms with van der Waals surface area (Å²) in [6.07, 6.45) is -1.72. The molecular formula is C19H21F3N4O. The van der Waals surface area contributed by atoms with Crippen molar-refractivity contribution >= 4 is 11.6 Å². The van der Waals surface area contributed by atoms with E-state index in [2.05, 4.69) is 10.3 Å². The highest BCUT2D eigenvalue weighted by Crippen LogP contribution is 2.24. The van der Waals surface area contributed by atoms with Gasteiger partial charge in [0.15, 0.2) is 0 Å². The Morgan fingerprint density at radius 3 is 2.48 bits per heavy atom. The second kappa shape index (κ2) is 7.96. The van der Waals surface area contributed by atoms with E-state index in [0.29, 0.717) is 42.9 Å². The highest BCUT2D eigenvalue weighted by molar-refractivity contribution is 5.94. The number of nitrogens with two attached hydrogens (primary N) is 1. The first-order valence-corrected chi connectivity index (χ1v) is 8.73. The van der Waals surface area contributed by atoms with Crippen molar-refractivity contribution in [2.45, 2.75) is 25.1 Å². The molecule has 0 radical (unpaired) electrons. The van der Waals surface area contributed by atoms with Crippen molar-refractivity contribution in [2.75, 3.05) is 25.4 Å². The smallest absolute Gasteiger partial charge is 0.398 e. The normalized spacial score (nSPS) is 16.3. The van der Waals surface area contributed by atoms with Crippen LogP contribution in [0.4, 0.5) is 18.9 Å². The van der Waals surface area contributed by atoms with Gasteiger partial charge in [0.25, 0.3) is 5.91 Å². The Balaban J connectivity index is 1.55. The maximum atomic E-state index is 12.4. The Labute approximate surface area is 155 Å². The van der Waals surface area contributed by atoms with Gasteiger partial charge in [0, 0.05) is 36.6 Å². The first kappa shape index (κ1) is 19.2. The average Bonchev–Trinajstić information content (AvgIpc) is 2.63. The Hall–Kier alpha value is -2.61. The third kappa shape index (κ3) is 5.19. The Morgan fingerprint density at radius 1 is 1.19 bits per heavy atom. The first-order chi connectivity index (χ1) is 12.8. The van der Waals surface area contributed by atoms with E-state index in [0.717, 1.165) is 5.56 Å². The van der Waals surface area contributed by atoms with Gasteiger partial charge in [-0.1, -0.05) is 18.2 Å². The standard InChI is InChI=1S/C19H21F3N4O/c20-19(21,22)12-26-9-7-14(8-10-26)25-18(27)13-5-6-17(24-11-13)15-3-1-2-4-16(15)23/h1-6,11,14H,7-10,12,23H2,(H,25,27). The van der Waals surface area contributed by atoms with Crippen LogP contribution in [0.1, 0.15) is 23.2 Å². The molecule has 1 amide bonds. The lowest BCUT2D eigenvalue weighted by molar-refractivity contribution is -0.148. The van der Waals surface area contributed by atoms with Crippen LogP contribution < -0.4 is 11.1 Å². The Kier molecular flexibility index (Phi) is 5.65. The van der Waals surface area contributed by atoms with Crippen LogP contribution >= 0.6 is 0 Å². The van der Waals surface area contributed by atoms with E-state index in [1.165, 1.54) is 11.1 Å². The number of carbonyl (C=O) groups excluding carboxylic acids is 1. The molecule has 3 N–H and O–H groups in total. The predicted molar refractivity (Wildman–Crippen MR) is 97.1 cm³/mol. The fraction of sp³-hybridized carbons (Fsp3) is 0.368. The fourth-order valence-electron chi connectivity index (χ4n) is 3.18. The van der Waals surface area contributed by atoms with Crippen LogP contribution in [0.2, 0.25) is 0 Å². The van der Waals surface area contributed by atoms with Crippen LogP contribution in [0.3, 0.4) is 0 Å². The number of carbonyl (C=O) groups is 1. The number of piperidine rings is 1. The lowest BCUT2D eigenvalue weighted by Gasteiger charge is -2.32. The second-order valence-electron chi connectivity index (χ2n) is 6.66. The quantitative estimate of drug-likeness (QED) is 0.802. The molecule has 27 heavy (non-hydrogen) atoms. The van der Waals surface area contributed by atoms with Gasteiger partial charge in [-0.3, -0.25) is 14.7 Å². The van der Waals surface area contributed by atoms with E-state index in [-0.39, 0.29) is 11.9 Å². The average molecular weight is 378 g/mol. The van der Waals surface area contributed by atoms with Crippen molar-refractivity contribution in [2.24, 2.45) is 0 Å². The summed E-state index contributed by atoms with van der Waals surface area (Å²) in [5.74, 6) is -0.274. The summed E-state index contributed by atoms with van der Waals surface area (Å²) in [7, 11) is 0. The summed E-state index contributed by atoms with van der Waals surface area (Å²) < 4.78 is 37.3.